The van der Waals surface area contributed by atoms with Crippen LogP contribution in [0.25, 0.3) is 0 Å². The van der Waals surface area contributed by atoms with Crippen LogP contribution in [0.15, 0.2) is 29.8 Å². The summed E-state index contributed by atoms with van der Waals surface area (Å²) in [5.41, 5.74) is 12.3. The van der Waals surface area contributed by atoms with Crippen LogP contribution in [0.4, 0.5) is 11.4 Å². The molecule has 1 amide bonds. The molecule has 1 aromatic carbocycles. The molecule has 0 aliphatic carbocycles. The number of carbonyl (C=O) groups excluding carboxylic acids is 1. The lowest BCUT2D eigenvalue weighted by Crippen LogP contribution is -2.12. The first-order valence-corrected chi connectivity index (χ1v) is 4.65. The van der Waals surface area contributed by atoms with Gasteiger partial charge >= 0.3 is 0 Å². The zero-order valence-electron chi connectivity index (χ0n) is 8.09. The van der Waals surface area contributed by atoms with E-state index in [1.807, 2.05) is 0 Å². The summed E-state index contributed by atoms with van der Waals surface area (Å²) in [4.78, 5) is 10.8. The molecular formula is C10H12ClN3O. The lowest BCUT2D eigenvalue weighted by atomic mass is 10.1. The molecule has 0 aliphatic rings. The molecule has 4 nitrogen and oxygen atoms in total. The Kier molecular flexibility index (Phi) is 3.57. The molecule has 0 unspecified atom stereocenters. The predicted molar refractivity (Wildman–Crippen MR) is 62.9 cm³/mol. The van der Waals surface area contributed by atoms with Crippen LogP contribution in [0.3, 0.4) is 0 Å². The first-order chi connectivity index (χ1) is 7.00. The second-order valence-electron chi connectivity index (χ2n) is 3.04. The number of halogens is 1. The minimum atomic E-state index is -0.505. The monoisotopic (exact) mass is 225 g/mol. The molecule has 5 N–H and O–H groups in total. The highest BCUT2D eigenvalue weighted by atomic mass is 35.5. The molecule has 0 spiro atoms. The third-order valence-electron chi connectivity index (χ3n) is 1.81. The summed E-state index contributed by atoms with van der Waals surface area (Å²) in [5, 5.41) is 3.45. The van der Waals surface area contributed by atoms with Crippen molar-refractivity contribution in [2.24, 2.45) is 5.73 Å². The van der Waals surface area contributed by atoms with Crippen molar-refractivity contribution in [3.63, 3.8) is 0 Å². The summed E-state index contributed by atoms with van der Waals surface area (Å²) in [5.74, 6) is -0.505. The van der Waals surface area contributed by atoms with Crippen LogP contribution >= 0.6 is 11.6 Å². The molecular weight excluding hydrogens is 214 g/mol. The fraction of sp³-hybridized carbons (Fsp3) is 0.100. The number of carbonyl (C=O) groups is 1. The normalized spacial score (nSPS) is 9.67. The molecule has 0 radical (unpaired) electrons. The molecule has 0 aliphatic heterocycles. The van der Waals surface area contributed by atoms with Gasteiger partial charge in [0, 0.05) is 10.6 Å². The van der Waals surface area contributed by atoms with Crippen LogP contribution in [-0.4, -0.2) is 12.5 Å². The summed E-state index contributed by atoms with van der Waals surface area (Å²) in [7, 11) is 0. The van der Waals surface area contributed by atoms with Gasteiger partial charge in [-0.3, -0.25) is 4.79 Å². The summed E-state index contributed by atoms with van der Waals surface area (Å²) in [6.45, 7) is 3.95. The zero-order valence-corrected chi connectivity index (χ0v) is 8.84. The molecule has 0 aromatic heterocycles. The molecule has 0 atom stereocenters. The van der Waals surface area contributed by atoms with E-state index < -0.39 is 5.91 Å². The standard InChI is InChI=1S/C10H12ClN3O/c1-6(11)5-14-9-3-2-7(10(13)15)4-8(9)12/h2-4,14H,1,5,12H2,(H2,13,15). The predicted octanol–water partition coefficient (Wildman–Crippen LogP) is 1.53. The minimum absolute atomic E-state index is 0.378. The molecule has 5 heteroatoms. The number of amides is 1. The number of hydrogen-bond acceptors (Lipinski definition) is 3. The van der Waals surface area contributed by atoms with Gasteiger partial charge in [0.25, 0.3) is 0 Å². The average Bonchev–Trinajstić information content (AvgIpc) is 2.15. The van der Waals surface area contributed by atoms with Crippen LogP contribution in [0.2, 0.25) is 0 Å². The van der Waals surface area contributed by atoms with Gasteiger partial charge in [0.1, 0.15) is 0 Å². The van der Waals surface area contributed by atoms with Crippen molar-refractivity contribution in [3.05, 3.63) is 35.4 Å². The number of nitrogens with two attached hydrogens (primary N) is 2. The van der Waals surface area contributed by atoms with E-state index in [0.29, 0.717) is 28.5 Å². The highest BCUT2D eigenvalue weighted by Gasteiger charge is 2.04. The van der Waals surface area contributed by atoms with Gasteiger partial charge in [-0.05, 0) is 18.2 Å². The Labute approximate surface area is 92.9 Å². The van der Waals surface area contributed by atoms with Gasteiger partial charge in [0.05, 0.1) is 17.9 Å². The van der Waals surface area contributed by atoms with Crippen LogP contribution < -0.4 is 16.8 Å². The Bertz CT molecular complexity index is 404. The quantitative estimate of drug-likeness (QED) is 0.680. The topological polar surface area (TPSA) is 81.1 Å². The van der Waals surface area contributed by atoms with E-state index in [9.17, 15) is 4.79 Å². The van der Waals surface area contributed by atoms with Crippen molar-refractivity contribution < 1.29 is 4.79 Å². The van der Waals surface area contributed by atoms with Crippen LogP contribution in [0.5, 0.6) is 0 Å². The number of nitrogens with one attached hydrogen (secondary N) is 1. The van der Waals surface area contributed by atoms with Gasteiger partial charge < -0.3 is 16.8 Å². The highest BCUT2D eigenvalue weighted by Crippen LogP contribution is 2.20. The van der Waals surface area contributed by atoms with Crippen molar-refractivity contribution in [1.29, 1.82) is 0 Å². The molecule has 1 aromatic rings. The van der Waals surface area contributed by atoms with Gasteiger partial charge in [-0.25, -0.2) is 0 Å². The van der Waals surface area contributed by atoms with E-state index in [0.717, 1.165) is 0 Å². The van der Waals surface area contributed by atoms with Gasteiger partial charge in [0.2, 0.25) is 5.91 Å². The Morgan fingerprint density at radius 3 is 2.67 bits per heavy atom. The average molecular weight is 226 g/mol. The Morgan fingerprint density at radius 1 is 1.53 bits per heavy atom. The maximum atomic E-state index is 10.8. The smallest absolute Gasteiger partial charge is 0.248 e. The number of benzene rings is 1. The van der Waals surface area contributed by atoms with E-state index in [-0.39, 0.29) is 0 Å². The summed E-state index contributed by atoms with van der Waals surface area (Å²) in [6, 6.07) is 4.79. The summed E-state index contributed by atoms with van der Waals surface area (Å²) < 4.78 is 0. The first-order valence-electron chi connectivity index (χ1n) is 4.27. The Morgan fingerprint density at radius 2 is 2.20 bits per heavy atom. The molecule has 0 saturated carbocycles. The maximum Gasteiger partial charge on any atom is 0.248 e. The number of rotatable bonds is 4. The number of primary amides is 1. The summed E-state index contributed by atoms with van der Waals surface area (Å²) >= 11 is 5.59. The highest BCUT2D eigenvalue weighted by molar-refractivity contribution is 6.29. The number of anilines is 2. The fourth-order valence-electron chi connectivity index (χ4n) is 1.07. The summed E-state index contributed by atoms with van der Waals surface area (Å²) in [6.07, 6.45) is 0. The third kappa shape index (κ3) is 3.18. The fourth-order valence-corrected chi connectivity index (χ4v) is 1.13. The van der Waals surface area contributed by atoms with Crippen molar-refractivity contribution in [1.82, 2.24) is 0 Å². The van der Waals surface area contributed by atoms with E-state index in [1.54, 1.807) is 12.1 Å². The van der Waals surface area contributed by atoms with Crippen molar-refractivity contribution in [2.45, 2.75) is 0 Å². The van der Waals surface area contributed by atoms with E-state index >= 15 is 0 Å². The van der Waals surface area contributed by atoms with Gasteiger partial charge in [-0.2, -0.15) is 0 Å². The largest absolute Gasteiger partial charge is 0.397 e. The van der Waals surface area contributed by atoms with E-state index in [2.05, 4.69) is 11.9 Å². The second-order valence-corrected chi connectivity index (χ2v) is 3.57. The van der Waals surface area contributed by atoms with Crippen LogP contribution in [0, 0.1) is 0 Å². The minimum Gasteiger partial charge on any atom is -0.397 e. The number of nitrogen functional groups attached to an aromatic ring is 1. The van der Waals surface area contributed by atoms with E-state index in [1.165, 1.54) is 6.07 Å². The van der Waals surface area contributed by atoms with Crippen LogP contribution in [0.1, 0.15) is 10.4 Å². The van der Waals surface area contributed by atoms with Crippen molar-refractivity contribution >= 4 is 28.9 Å². The first kappa shape index (κ1) is 11.4. The SMILES string of the molecule is C=C(Cl)CNc1ccc(C(N)=O)cc1N. The van der Waals surface area contributed by atoms with Gasteiger partial charge in [-0.15, -0.1) is 0 Å². The Balaban J connectivity index is 2.83. The number of hydrogen-bond donors (Lipinski definition) is 3. The van der Waals surface area contributed by atoms with Gasteiger partial charge in [0.15, 0.2) is 0 Å². The molecule has 0 heterocycles. The Hall–Kier alpha value is -1.68. The lowest BCUT2D eigenvalue weighted by Gasteiger charge is -2.09. The molecule has 0 bridgehead atoms. The van der Waals surface area contributed by atoms with Crippen molar-refractivity contribution in [3.8, 4) is 0 Å². The molecule has 80 valence electrons. The molecule has 1 rings (SSSR count). The van der Waals surface area contributed by atoms with Gasteiger partial charge in [-0.1, -0.05) is 18.2 Å². The molecule has 0 fully saturated rings. The van der Waals surface area contributed by atoms with E-state index in [4.69, 9.17) is 23.1 Å². The third-order valence-corrected chi connectivity index (χ3v) is 1.94. The molecule has 15 heavy (non-hydrogen) atoms. The molecule has 0 saturated heterocycles. The zero-order chi connectivity index (χ0) is 11.4. The van der Waals surface area contributed by atoms with Crippen LogP contribution in [-0.2, 0) is 0 Å². The van der Waals surface area contributed by atoms with Crippen molar-refractivity contribution in [2.75, 3.05) is 17.6 Å². The lowest BCUT2D eigenvalue weighted by molar-refractivity contribution is 0.100. The second kappa shape index (κ2) is 4.70. The maximum absolute atomic E-state index is 10.8.